The Morgan fingerprint density at radius 1 is 0.364 bits per heavy atom. The lowest BCUT2D eigenvalue weighted by atomic mass is 10.0. The third-order valence-electron chi connectivity index (χ3n) is 16.2. The van der Waals surface area contributed by atoms with E-state index >= 15 is 0 Å². The molecule has 2 unspecified atom stereocenters. The zero-order chi connectivity index (χ0) is 55.7. The second-order valence-corrected chi connectivity index (χ2v) is 23.9. The molecular weight excluding hydrogens is 947 g/mol. The normalized spacial score (nSPS) is 12.7. The molecular formula is C71H135NO5. The summed E-state index contributed by atoms with van der Waals surface area (Å²) in [4.78, 5) is 24.6. The molecule has 0 aromatic carbocycles. The van der Waals surface area contributed by atoms with E-state index in [1.54, 1.807) is 6.08 Å². The number of hydrogen-bond acceptors (Lipinski definition) is 5. The first-order chi connectivity index (χ1) is 38.0. The summed E-state index contributed by atoms with van der Waals surface area (Å²) in [5.41, 5.74) is 0. The van der Waals surface area contributed by atoms with Crippen LogP contribution in [0.2, 0.25) is 0 Å². The minimum Gasteiger partial charge on any atom is -0.466 e. The van der Waals surface area contributed by atoms with Crippen LogP contribution in [0, 0.1) is 0 Å². The topological polar surface area (TPSA) is 95.9 Å². The van der Waals surface area contributed by atoms with Gasteiger partial charge in [-0.1, -0.05) is 339 Å². The molecule has 0 aliphatic heterocycles. The maximum atomic E-state index is 12.5. The first-order valence-corrected chi connectivity index (χ1v) is 34.8. The zero-order valence-corrected chi connectivity index (χ0v) is 52.0. The van der Waals surface area contributed by atoms with E-state index in [2.05, 4.69) is 43.5 Å². The molecule has 6 heteroatoms. The molecule has 0 aliphatic carbocycles. The summed E-state index contributed by atoms with van der Waals surface area (Å²) in [5.74, 6) is -0.0655. The van der Waals surface area contributed by atoms with Crippen molar-refractivity contribution in [1.29, 1.82) is 0 Å². The predicted octanol–water partition coefficient (Wildman–Crippen LogP) is 22.3. The molecule has 0 saturated carbocycles. The van der Waals surface area contributed by atoms with Crippen molar-refractivity contribution in [1.82, 2.24) is 5.32 Å². The number of unbranched alkanes of at least 4 members (excludes halogenated alkanes) is 50. The number of aliphatic hydroxyl groups is 2. The Morgan fingerprint density at radius 3 is 0.987 bits per heavy atom. The van der Waals surface area contributed by atoms with Crippen molar-refractivity contribution in [3.8, 4) is 0 Å². The van der Waals surface area contributed by atoms with Crippen molar-refractivity contribution >= 4 is 11.9 Å². The molecule has 2 atom stereocenters. The number of aliphatic hydroxyl groups excluding tert-OH is 2. The number of esters is 1. The highest BCUT2D eigenvalue weighted by Crippen LogP contribution is 2.18. The van der Waals surface area contributed by atoms with Crippen molar-refractivity contribution in [3.05, 3.63) is 36.5 Å². The molecule has 0 aromatic heterocycles. The van der Waals surface area contributed by atoms with Gasteiger partial charge in [0.2, 0.25) is 5.91 Å². The molecule has 1 amide bonds. The van der Waals surface area contributed by atoms with Gasteiger partial charge in [-0.05, 0) is 64.2 Å². The minimum atomic E-state index is -0.853. The van der Waals surface area contributed by atoms with Gasteiger partial charge in [-0.15, -0.1) is 0 Å². The number of carbonyl (C=O) groups excluding carboxylic acids is 2. The van der Waals surface area contributed by atoms with Gasteiger partial charge in [-0.3, -0.25) is 9.59 Å². The zero-order valence-electron chi connectivity index (χ0n) is 52.0. The van der Waals surface area contributed by atoms with Gasteiger partial charge < -0.3 is 20.3 Å². The maximum absolute atomic E-state index is 12.5. The average molecular weight is 1080 g/mol. The SMILES string of the molecule is CCCCCCCCCCCCCCCCCCCCCCC/C=C/C(O)C(CO)NC(=O)CCCCCCCCC/C=C\C/C=C\CCCCCCCCCCCOC(=O)CCCCCCCCCCCCCCCC. The Bertz CT molecular complexity index is 1250. The molecule has 0 aromatic rings. The molecule has 0 fully saturated rings. The first kappa shape index (κ1) is 75.1. The molecule has 6 nitrogen and oxygen atoms in total. The van der Waals surface area contributed by atoms with Crippen LogP contribution in [-0.2, 0) is 14.3 Å². The third kappa shape index (κ3) is 63.1. The van der Waals surface area contributed by atoms with Gasteiger partial charge >= 0.3 is 5.97 Å². The number of nitrogens with one attached hydrogen (secondary N) is 1. The standard InChI is InChI=1S/C71H135NO5/c1-3-5-7-9-11-13-15-17-19-20-21-22-24-27-30-33-36-39-43-47-51-55-59-63-69(74)68(67-73)72-70(75)64-60-56-52-48-44-40-37-34-31-28-25-23-26-29-32-35-38-42-46-50-54-58-62-66-77-71(76)65-61-57-53-49-45-41-18-16-14-12-10-8-6-4-2/h23,26,28,31,59,63,68-69,73-74H,3-22,24-25,27,29-30,32-58,60-62,64-67H2,1-2H3,(H,72,75)/b26-23-,31-28-,63-59+. The molecule has 0 saturated heterocycles. The quantitative estimate of drug-likeness (QED) is 0.0320. The van der Waals surface area contributed by atoms with Crippen LogP contribution in [0.5, 0.6) is 0 Å². The summed E-state index contributed by atoms with van der Waals surface area (Å²) in [6.45, 7) is 4.93. The smallest absolute Gasteiger partial charge is 0.305 e. The molecule has 0 spiro atoms. The molecule has 454 valence electrons. The van der Waals surface area contributed by atoms with Crippen LogP contribution in [-0.4, -0.2) is 47.4 Å². The number of rotatable bonds is 65. The number of ether oxygens (including phenoxy) is 1. The highest BCUT2D eigenvalue weighted by molar-refractivity contribution is 5.76. The highest BCUT2D eigenvalue weighted by atomic mass is 16.5. The molecule has 77 heavy (non-hydrogen) atoms. The van der Waals surface area contributed by atoms with Crippen LogP contribution in [0.15, 0.2) is 36.5 Å². The number of hydrogen-bond donors (Lipinski definition) is 3. The molecule has 3 N–H and O–H groups in total. The second-order valence-electron chi connectivity index (χ2n) is 23.9. The van der Waals surface area contributed by atoms with E-state index in [4.69, 9.17) is 4.74 Å². The summed E-state index contributed by atoms with van der Waals surface area (Å²) in [6, 6.07) is -0.637. The van der Waals surface area contributed by atoms with E-state index in [-0.39, 0.29) is 18.5 Å². The summed E-state index contributed by atoms with van der Waals surface area (Å²) >= 11 is 0. The van der Waals surface area contributed by atoms with Gasteiger partial charge in [0, 0.05) is 12.8 Å². The predicted molar refractivity (Wildman–Crippen MR) is 338 cm³/mol. The fourth-order valence-electron chi connectivity index (χ4n) is 10.8. The molecule has 0 rings (SSSR count). The van der Waals surface area contributed by atoms with Gasteiger partial charge in [-0.2, -0.15) is 0 Å². The van der Waals surface area contributed by atoms with E-state index in [0.29, 0.717) is 19.4 Å². The van der Waals surface area contributed by atoms with Crippen LogP contribution in [0.1, 0.15) is 380 Å². The average Bonchev–Trinajstić information content (AvgIpc) is 3.43. The fourth-order valence-corrected chi connectivity index (χ4v) is 10.8. The lowest BCUT2D eigenvalue weighted by Gasteiger charge is -2.20. The van der Waals surface area contributed by atoms with Crippen molar-refractivity contribution < 1.29 is 24.5 Å². The first-order valence-electron chi connectivity index (χ1n) is 34.8. The summed E-state index contributed by atoms with van der Waals surface area (Å²) in [7, 11) is 0. The van der Waals surface area contributed by atoms with Crippen LogP contribution in [0.25, 0.3) is 0 Å². The van der Waals surface area contributed by atoms with E-state index in [0.717, 1.165) is 57.8 Å². The largest absolute Gasteiger partial charge is 0.466 e. The van der Waals surface area contributed by atoms with Gasteiger partial charge in [0.1, 0.15) is 0 Å². The number of allylic oxidation sites excluding steroid dienone is 5. The number of amides is 1. The van der Waals surface area contributed by atoms with Gasteiger partial charge in [0.15, 0.2) is 0 Å². The number of carbonyl (C=O) groups is 2. The van der Waals surface area contributed by atoms with E-state index < -0.39 is 12.1 Å². The van der Waals surface area contributed by atoms with Crippen LogP contribution < -0.4 is 5.32 Å². The van der Waals surface area contributed by atoms with Crippen molar-refractivity contribution in [2.24, 2.45) is 0 Å². The Kier molecular flexibility index (Phi) is 64.9. The van der Waals surface area contributed by atoms with Crippen LogP contribution in [0.3, 0.4) is 0 Å². The van der Waals surface area contributed by atoms with E-state index in [1.807, 2.05) is 6.08 Å². The molecule has 0 heterocycles. The maximum Gasteiger partial charge on any atom is 0.305 e. The molecule has 0 radical (unpaired) electrons. The molecule has 0 bridgehead atoms. The van der Waals surface area contributed by atoms with Gasteiger partial charge in [0.05, 0.1) is 25.4 Å². The van der Waals surface area contributed by atoms with Crippen molar-refractivity contribution in [2.75, 3.05) is 13.2 Å². The Balaban J connectivity index is 3.47. The van der Waals surface area contributed by atoms with Crippen molar-refractivity contribution in [2.45, 2.75) is 392 Å². The Morgan fingerprint density at radius 2 is 0.649 bits per heavy atom. The molecule has 0 aliphatic rings. The Hall–Kier alpha value is -1.92. The highest BCUT2D eigenvalue weighted by Gasteiger charge is 2.18. The Labute approximate surface area is 481 Å². The van der Waals surface area contributed by atoms with Crippen molar-refractivity contribution in [3.63, 3.8) is 0 Å². The van der Waals surface area contributed by atoms with E-state index in [1.165, 1.54) is 295 Å². The summed E-state index contributed by atoms with van der Waals surface area (Å²) < 4.78 is 5.48. The lowest BCUT2D eigenvalue weighted by molar-refractivity contribution is -0.143. The lowest BCUT2D eigenvalue weighted by Crippen LogP contribution is -2.45. The van der Waals surface area contributed by atoms with E-state index in [9.17, 15) is 19.8 Å². The minimum absolute atomic E-state index is 0.00928. The van der Waals surface area contributed by atoms with Crippen LogP contribution in [0.4, 0.5) is 0 Å². The summed E-state index contributed by atoms with van der Waals surface area (Å²) in [5, 5.41) is 23.2. The van der Waals surface area contributed by atoms with Gasteiger partial charge in [-0.25, -0.2) is 0 Å². The van der Waals surface area contributed by atoms with Crippen LogP contribution >= 0.6 is 0 Å². The second kappa shape index (κ2) is 66.6. The summed E-state index contributed by atoms with van der Waals surface area (Å²) in [6.07, 6.45) is 85.0. The van der Waals surface area contributed by atoms with Gasteiger partial charge in [0.25, 0.3) is 0 Å². The monoisotopic (exact) mass is 1080 g/mol. The third-order valence-corrected chi connectivity index (χ3v) is 16.2. The fraction of sp³-hybridized carbons (Fsp3) is 0.887.